The molecule has 7 heteroatoms. The number of aryl methyl sites for hydroxylation is 2. The summed E-state index contributed by atoms with van der Waals surface area (Å²) in [5.41, 5.74) is 1.79. The van der Waals surface area contributed by atoms with Gasteiger partial charge < -0.3 is 0 Å². The Kier molecular flexibility index (Phi) is 2.74. The molecule has 0 saturated heterocycles. The fourth-order valence-electron chi connectivity index (χ4n) is 1.46. The van der Waals surface area contributed by atoms with Crippen LogP contribution >= 0.6 is 11.6 Å². The number of carbonyl (C=O) groups excluding carboxylic acids is 1. The number of carbonyl (C=O) groups is 1. The molecule has 0 saturated carbocycles. The molecule has 0 bridgehead atoms. The van der Waals surface area contributed by atoms with E-state index in [-0.39, 0.29) is 12.2 Å². The number of halogens is 1. The van der Waals surface area contributed by atoms with Crippen LogP contribution in [0.15, 0.2) is 6.20 Å². The third-order valence-corrected chi connectivity index (χ3v) is 2.78. The van der Waals surface area contributed by atoms with Gasteiger partial charge in [0.15, 0.2) is 5.78 Å². The molecule has 2 aromatic heterocycles. The van der Waals surface area contributed by atoms with Gasteiger partial charge >= 0.3 is 0 Å². The molecule has 0 aliphatic rings. The fraction of sp³-hybridized carbons (Fsp3) is 0.333. The Morgan fingerprint density at radius 2 is 2.38 bits per heavy atom. The van der Waals surface area contributed by atoms with Crippen molar-refractivity contribution < 1.29 is 4.79 Å². The first-order valence-corrected chi connectivity index (χ1v) is 5.04. The predicted molar refractivity (Wildman–Crippen MR) is 57.4 cm³/mol. The summed E-state index contributed by atoms with van der Waals surface area (Å²) in [7, 11) is 1.74. The van der Waals surface area contributed by atoms with Gasteiger partial charge in [0.1, 0.15) is 10.8 Å². The van der Waals surface area contributed by atoms with Gasteiger partial charge in [-0.3, -0.25) is 9.48 Å². The molecule has 16 heavy (non-hydrogen) atoms. The number of H-pyrrole nitrogens is 1. The van der Waals surface area contributed by atoms with E-state index >= 15 is 0 Å². The number of hydrogen-bond donors (Lipinski definition) is 1. The summed E-state index contributed by atoms with van der Waals surface area (Å²) in [6, 6.07) is 0. The van der Waals surface area contributed by atoms with Crippen molar-refractivity contribution in [1.82, 2.24) is 25.2 Å². The molecular weight excluding hydrogens is 230 g/mol. The Bertz CT molecular complexity index is 516. The van der Waals surface area contributed by atoms with Crippen LogP contribution in [0.3, 0.4) is 0 Å². The zero-order chi connectivity index (χ0) is 11.7. The summed E-state index contributed by atoms with van der Waals surface area (Å²) in [5.74, 6) is -0.133. The van der Waals surface area contributed by atoms with Crippen LogP contribution in [0.25, 0.3) is 0 Å². The predicted octanol–water partition coefficient (Wildman–Crippen LogP) is 0.925. The number of ketones is 1. The minimum Gasteiger partial charge on any atom is -0.292 e. The normalized spacial score (nSPS) is 10.7. The van der Waals surface area contributed by atoms with Gasteiger partial charge in [-0.15, -0.1) is 0 Å². The lowest BCUT2D eigenvalue weighted by atomic mass is 10.1. The maximum atomic E-state index is 11.8. The average Bonchev–Trinajstić information content (AvgIpc) is 2.83. The highest BCUT2D eigenvalue weighted by atomic mass is 35.5. The van der Waals surface area contributed by atoms with E-state index in [1.165, 1.54) is 6.20 Å². The molecule has 0 spiro atoms. The second-order valence-corrected chi connectivity index (χ2v) is 3.79. The molecule has 1 N–H and O–H groups in total. The molecule has 0 fully saturated rings. The summed E-state index contributed by atoms with van der Waals surface area (Å²) < 4.78 is 1.54. The number of Topliss-reactive ketones (excluding diaryl/α,β-unsaturated/α-hetero) is 1. The Labute approximate surface area is 96.6 Å². The molecule has 0 unspecified atom stereocenters. The lowest BCUT2D eigenvalue weighted by Gasteiger charge is -1.97. The summed E-state index contributed by atoms with van der Waals surface area (Å²) in [4.78, 5) is 11.8. The van der Waals surface area contributed by atoms with E-state index in [1.54, 1.807) is 11.7 Å². The highest BCUT2D eigenvalue weighted by Crippen LogP contribution is 2.20. The smallest absolute Gasteiger partial charge is 0.189 e. The van der Waals surface area contributed by atoms with Gasteiger partial charge in [-0.1, -0.05) is 11.6 Å². The highest BCUT2D eigenvalue weighted by Gasteiger charge is 2.17. The van der Waals surface area contributed by atoms with Crippen molar-refractivity contribution in [2.75, 3.05) is 0 Å². The van der Waals surface area contributed by atoms with E-state index in [9.17, 15) is 4.79 Å². The maximum absolute atomic E-state index is 11.8. The zero-order valence-corrected chi connectivity index (χ0v) is 9.62. The molecule has 2 rings (SSSR count). The molecule has 0 aliphatic heterocycles. The molecule has 0 amide bonds. The summed E-state index contributed by atoms with van der Waals surface area (Å²) in [6.45, 7) is 1.82. The fourth-order valence-corrected chi connectivity index (χ4v) is 1.70. The monoisotopic (exact) mass is 239 g/mol. The Balaban J connectivity index is 2.25. The van der Waals surface area contributed by atoms with E-state index in [0.29, 0.717) is 10.8 Å². The zero-order valence-electron chi connectivity index (χ0n) is 8.86. The van der Waals surface area contributed by atoms with E-state index in [2.05, 4.69) is 20.5 Å². The molecule has 84 valence electrons. The molecule has 0 radical (unpaired) electrons. The van der Waals surface area contributed by atoms with E-state index in [0.717, 1.165) is 11.3 Å². The lowest BCUT2D eigenvalue weighted by Crippen LogP contribution is -2.05. The highest BCUT2D eigenvalue weighted by molar-refractivity contribution is 6.30. The van der Waals surface area contributed by atoms with E-state index < -0.39 is 0 Å². The molecular formula is C9H10ClN5O. The number of nitrogens with zero attached hydrogens (tertiary/aromatic N) is 4. The Hall–Kier alpha value is -1.69. The first kappa shape index (κ1) is 10.8. The van der Waals surface area contributed by atoms with Gasteiger partial charge in [0, 0.05) is 19.0 Å². The summed E-state index contributed by atoms with van der Waals surface area (Å²) in [6.07, 6.45) is 1.58. The van der Waals surface area contributed by atoms with Crippen LogP contribution in [-0.2, 0) is 13.5 Å². The number of hydrogen-bond acceptors (Lipinski definition) is 4. The quantitative estimate of drug-likeness (QED) is 0.809. The molecule has 0 atom stereocenters. The molecule has 0 aromatic carbocycles. The number of nitrogens with one attached hydrogen (secondary N) is 1. The van der Waals surface area contributed by atoms with Gasteiger partial charge in [0.25, 0.3) is 0 Å². The van der Waals surface area contributed by atoms with Gasteiger partial charge in [-0.05, 0) is 6.92 Å². The van der Waals surface area contributed by atoms with Crippen molar-refractivity contribution in [1.29, 1.82) is 0 Å². The van der Waals surface area contributed by atoms with E-state index in [1.807, 2.05) is 6.92 Å². The molecule has 6 nitrogen and oxygen atoms in total. The molecule has 2 aromatic rings. The number of aromatic amines is 1. The van der Waals surface area contributed by atoms with Crippen molar-refractivity contribution in [3.8, 4) is 0 Å². The second kappa shape index (κ2) is 4.05. The van der Waals surface area contributed by atoms with Crippen LogP contribution in [0.2, 0.25) is 5.15 Å². The van der Waals surface area contributed by atoms with Crippen LogP contribution < -0.4 is 0 Å². The Morgan fingerprint density at radius 3 is 2.88 bits per heavy atom. The van der Waals surface area contributed by atoms with Crippen LogP contribution in [0.4, 0.5) is 0 Å². The molecule has 0 aliphatic carbocycles. The van der Waals surface area contributed by atoms with Gasteiger partial charge in [0.05, 0.1) is 11.9 Å². The third kappa shape index (κ3) is 1.83. The topological polar surface area (TPSA) is 76.5 Å². The van der Waals surface area contributed by atoms with Gasteiger partial charge in [-0.2, -0.15) is 20.5 Å². The first-order chi connectivity index (χ1) is 7.59. The number of aromatic nitrogens is 5. The number of rotatable bonds is 3. The largest absolute Gasteiger partial charge is 0.292 e. The van der Waals surface area contributed by atoms with Crippen molar-refractivity contribution in [2.24, 2.45) is 7.05 Å². The van der Waals surface area contributed by atoms with Crippen molar-refractivity contribution in [2.45, 2.75) is 13.3 Å². The lowest BCUT2D eigenvalue weighted by molar-refractivity contribution is 0.0988. The molecule has 2 heterocycles. The summed E-state index contributed by atoms with van der Waals surface area (Å²) in [5, 5.41) is 14.3. The summed E-state index contributed by atoms with van der Waals surface area (Å²) >= 11 is 6.02. The standard InChI is InChI=1S/C9H10ClN5O/c1-5-6(9(10)15(2)13-5)3-8(16)7-4-11-14-12-7/h4H,3H2,1-2H3,(H,11,12,14). The van der Waals surface area contributed by atoms with Crippen LogP contribution in [0.5, 0.6) is 0 Å². The van der Waals surface area contributed by atoms with Crippen molar-refractivity contribution in [3.05, 3.63) is 28.3 Å². The maximum Gasteiger partial charge on any atom is 0.189 e. The van der Waals surface area contributed by atoms with Crippen LogP contribution in [0, 0.1) is 6.92 Å². The van der Waals surface area contributed by atoms with Crippen molar-refractivity contribution in [3.63, 3.8) is 0 Å². The second-order valence-electron chi connectivity index (χ2n) is 3.43. The van der Waals surface area contributed by atoms with Gasteiger partial charge in [-0.25, -0.2) is 0 Å². The van der Waals surface area contributed by atoms with Gasteiger partial charge in [0.2, 0.25) is 0 Å². The first-order valence-electron chi connectivity index (χ1n) is 4.66. The SMILES string of the molecule is Cc1nn(C)c(Cl)c1CC(=O)c1cn[nH]n1. The minimum atomic E-state index is -0.133. The van der Waals surface area contributed by atoms with Crippen molar-refractivity contribution >= 4 is 17.4 Å². The van der Waals surface area contributed by atoms with Crippen LogP contribution in [0.1, 0.15) is 21.7 Å². The Morgan fingerprint density at radius 1 is 1.62 bits per heavy atom. The minimum absolute atomic E-state index is 0.133. The third-order valence-electron chi connectivity index (χ3n) is 2.31. The van der Waals surface area contributed by atoms with Crippen LogP contribution in [-0.4, -0.2) is 31.0 Å². The average molecular weight is 240 g/mol. The van der Waals surface area contributed by atoms with E-state index in [4.69, 9.17) is 11.6 Å².